The van der Waals surface area contributed by atoms with E-state index in [0.717, 1.165) is 15.3 Å². The first-order valence-corrected chi connectivity index (χ1v) is 9.49. The van der Waals surface area contributed by atoms with Crippen molar-refractivity contribution in [2.75, 3.05) is 37.9 Å². The van der Waals surface area contributed by atoms with Crippen molar-refractivity contribution in [1.29, 1.82) is 0 Å². The van der Waals surface area contributed by atoms with Crippen LogP contribution in [-0.4, -0.2) is 48.8 Å². The van der Waals surface area contributed by atoms with E-state index >= 15 is 0 Å². The Kier molecular flexibility index (Phi) is 3.86. The normalized spacial score (nSPS) is 16.2. The summed E-state index contributed by atoms with van der Waals surface area (Å²) in [6.45, 7) is 2.80. The lowest BCUT2D eigenvalue weighted by atomic mass is 10.1. The lowest BCUT2D eigenvalue weighted by Gasteiger charge is -2.34. The molecule has 0 aliphatic carbocycles. The zero-order chi connectivity index (χ0) is 18.4. The quantitative estimate of drug-likeness (QED) is 0.678. The number of thiazole rings is 1. The predicted molar refractivity (Wildman–Crippen MR) is 100 cm³/mol. The zero-order valence-electron chi connectivity index (χ0n) is 14.4. The topological polar surface area (TPSA) is 54.9 Å². The van der Waals surface area contributed by atoms with E-state index in [2.05, 4.69) is 9.88 Å². The standard InChI is InChI=1S/C19H16FN3O3S/c20-13-2-3-14-17(10-13)27-19(21-14)23-7-5-22(6-8-23)18(24)12-1-4-15-16(9-12)26-11-25-15/h1-4,9-10H,5-8,11H2. The summed E-state index contributed by atoms with van der Waals surface area (Å²) >= 11 is 1.48. The third kappa shape index (κ3) is 2.95. The molecule has 0 atom stereocenters. The molecule has 1 fully saturated rings. The SMILES string of the molecule is O=C(c1ccc2c(c1)OCO2)N1CCN(c2nc3ccc(F)cc3s2)CC1. The summed E-state index contributed by atoms with van der Waals surface area (Å²) in [6, 6.07) is 9.91. The van der Waals surface area contributed by atoms with E-state index in [-0.39, 0.29) is 18.5 Å². The minimum absolute atomic E-state index is 0.0145. The van der Waals surface area contributed by atoms with Crippen LogP contribution in [0, 0.1) is 5.82 Å². The number of hydrogen-bond acceptors (Lipinski definition) is 6. The maximum Gasteiger partial charge on any atom is 0.254 e. The molecule has 27 heavy (non-hydrogen) atoms. The van der Waals surface area contributed by atoms with Gasteiger partial charge in [-0.25, -0.2) is 9.37 Å². The molecule has 8 heteroatoms. The first-order chi connectivity index (χ1) is 13.2. The summed E-state index contributed by atoms with van der Waals surface area (Å²) in [5.41, 5.74) is 1.40. The third-order valence-electron chi connectivity index (χ3n) is 4.80. The number of carbonyl (C=O) groups excluding carboxylic acids is 1. The van der Waals surface area contributed by atoms with Crippen molar-refractivity contribution in [3.63, 3.8) is 0 Å². The molecular weight excluding hydrogens is 369 g/mol. The first kappa shape index (κ1) is 16.3. The largest absolute Gasteiger partial charge is 0.454 e. The zero-order valence-corrected chi connectivity index (χ0v) is 15.2. The van der Waals surface area contributed by atoms with Gasteiger partial charge >= 0.3 is 0 Å². The highest BCUT2D eigenvalue weighted by molar-refractivity contribution is 7.22. The second-order valence-electron chi connectivity index (χ2n) is 6.46. The molecule has 6 nitrogen and oxygen atoms in total. The van der Waals surface area contributed by atoms with Gasteiger partial charge in [0, 0.05) is 31.7 Å². The van der Waals surface area contributed by atoms with Gasteiger partial charge in [-0.05, 0) is 36.4 Å². The molecular formula is C19H16FN3O3S. The fourth-order valence-corrected chi connectivity index (χ4v) is 4.38. The Morgan fingerprint density at radius 2 is 1.85 bits per heavy atom. The molecule has 0 saturated carbocycles. The van der Waals surface area contributed by atoms with Crippen molar-refractivity contribution >= 4 is 32.6 Å². The number of nitrogens with zero attached hydrogens (tertiary/aromatic N) is 3. The molecule has 0 unspecified atom stereocenters. The minimum Gasteiger partial charge on any atom is -0.454 e. The summed E-state index contributed by atoms with van der Waals surface area (Å²) < 4.78 is 24.9. The summed E-state index contributed by atoms with van der Waals surface area (Å²) in [6.07, 6.45) is 0. The van der Waals surface area contributed by atoms with Crippen LogP contribution < -0.4 is 14.4 Å². The summed E-state index contributed by atoms with van der Waals surface area (Å²) in [5, 5.41) is 0.866. The lowest BCUT2D eigenvalue weighted by molar-refractivity contribution is 0.0746. The van der Waals surface area contributed by atoms with Gasteiger partial charge in [-0.3, -0.25) is 4.79 Å². The molecule has 2 aliphatic rings. The number of aromatic nitrogens is 1. The smallest absolute Gasteiger partial charge is 0.254 e. The van der Waals surface area contributed by atoms with Crippen LogP contribution in [-0.2, 0) is 0 Å². The van der Waals surface area contributed by atoms with Crippen LogP contribution in [0.25, 0.3) is 10.2 Å². The molecule has 1 saturated heterocycles. The van der Waals surface area contributed by atoms with E-state index < -0.39 is 0 Å². The van der Waals surface area contributed by atoms with Gasteiger partial charge in [-0.1, -0.05) is 11.3 Å². The Morgan fingerprint density at radius 3 is 2.70 bits per heavy atom. The van der Waals surface area contributed by atoms with Crippen molar-refractivity contribution in [2.24, 2.45) is 0 Å². The van der Waals surface area contributed by atoms with Gasteiger partial charge in [-0.15, -0.1) is 0 Å². The van der Waals surface area contributed by atoms with Gasteiger partial charge in [-0.2, -0.15) is 0 Å². The van der Waals surface area contributed by atoms with Crippen molar-refractivity contribution in [2.45, 2.75) is 0 Å². The molecule has 0 radical (unpaired) electrons. The van der Waals surface area contributed by atoms with Crippen LogP contribution in [0.15, 0.2) is 36.4 Å². The molecule has 2 aliphatic heterocycles. The van der Waals surface area contributed by atoms with Gasteiger partial charge in [0.15, 0.2) is 16.6 Å². The van der Waals surface area contributed by atoms with Gasteiger partial charge in [0.05, 0.1) is 10.2 Å². The average molecular weight is 385 g/mol. The van der Waals surface area contributed by atoms with Crippen LogP contribution in [0.1, 0.15) is 10.4 Å². The summed E-state index contributed by atoms with van der Waals surface area (Å²) in [4.78, 5) is 21.3. The molecule has 3 heterocycles. The predicted octanol–water partition coefficient (Wildman–Crippen LogP) is 3.13. The monoisotopic (exact) mass is 385 g/mol. The van der Waals surface area contributed by atoms with Crippen LogP contribution in [0.3, 0.4) is 0 Å². The number of rotatable bonds is 2. The Labute approximate surface area is 158 Å². The fourth-order valence-electron chi connectivity index (χ4n) is 3.33. The number of hydrogen-bond donors (Lipinski definition) is 0. The number of anilines is 1. The van der Waals surface area contributed by atoms with Crippen LogP contribution in [0.4, 0.5) is 9.52 Å². The highest BCUT2D eigenvalue weighted by Crippen LogP contribution is 2.33. The molecule has 0 N–H and O–H groups in total. The highest BCUT2D eigenvalue weighted by atomic mass is 32.1. The number of piperazine rings is 1. The molecule has 1 amide bonds. The van der Waals surface area contributed by atoms with Crippen molar-refractivity contribution in [1.82, 2.24) is 9.88 Å². The number of benzene rings is 2. The average Bonchev–Trinajstić information content (AvgIpc) is 3.33. The van der Waals surface area contributed by atoms with Crippen molar-refractivity contribution in [3.8, 4) is 11.5 Å². The maximum absolute atomic E-state index is 13.4. The summed E-state index contributed by atoms with van der Waals surface area (Å²) in [7, 11) is 0. The Bertz CT molecular complexity index is 1030. The molecule has 0 bridgehead atoms. The summed E-state index contributed by atoms with van der Waals surface area (Å²) in [5.74, 6) is 1.01. The van der Waals surface area contributed by atoms with Crippen molar-refractivity contribution < 1.29 is 18.7 Å². The van der Waals surface area contributed by atoms with E-state index in [1.807, 2.05) is 4.90 Å². The second kappa shape index (κ2) is 6.38. The van der Waals surface area contributed by atoms with E-state index in [4.69, 9.17) is 9.47 Å². The molecule has 5 rings (SSSR count). The Balaban J connectivity index is 1.28. The van der Waals surface area contributed by atoms with E-state index in [9.17, 15) is 9.18 Å². The van der Waals surface area contributed by atoms with E-state index in [1.165, 1.54) is 23.5 Å². The van der Waals surface area contributed by atoms with E-state index in [0.29, 0.717) is 43.2 Å². The fraction of sp³-hybridized carbons (Fsp3) is 0.263. The minimum atomic E-state index is -0.253. The number of ether oxygens (including phenoxy) is 2. The second-order valence-corrected chi connectivity index (χ2v) is 7.46. The van der Waals surface area contributed by atoms with Gasteiger partial charge in [0.2, 0.25) is 6.79 Å². The maximum atomic E-state index is 13.4. The first-order valence-electron chi connectivity index (χ1n) is 8.67. The van der Waals surface area contributed by atoms with Gasteiger partial charge < -0.3 is 19.3 Å². The van der Waals surface area contributed by atoms with Crippen LogP contribution in [0.5, 0.6) is 11.5 Å². The lowest BCUT2D eigenvalue weighted by Crippen LogP contribution is -2.48. The number of halogens is 1. The Morgan fingerprint density at radius 1 is 1.04 bits per heavy atom. The molecule has 138 valence electrons. The van der Waals surface area contributed by atoms with Crippen LogP contribution in [0.2, 0.25) is 0 Å². The molecule has 3 aromatic rings. The molecule has 0 spiro atoms. The van der Waals surface area contributed by atoms with Crippen molar-refractivity contribution in [3.05, 3.63) is 47.8 Å². The highest BCUT2D eigenvalue weighted by Gasteiger charge is 2.25. The van der Waals surface area contributed by atoms with Crippen LogP contribution >= 0.6 is 11.3 Å². The van der Waals surface area contributed by atoms with E-state index in [1.54, 1.807) is 24.3 Å². The molecule has 1 aromatic heterocycles. The number of fused-ring (bicyclic) bond motifs is 2. The van der Waals surface area contributed by atoms with Gasteiger partial charge in [0.25, 0.3) is 5.91 Å². The Hall–Kier alpha value is -2.87. The molecule has 2 aromatic carbocycles. The van der Waals surface area contributed by atoms with Gasteiger partial charge in [0.1, 0.15) is 5.82 Å². The number of carbonyl (C=O) groups is 1. The number of amides is 1. The third-order valence-corrected chi connectivity index (χ3v) is 5.88.